The Kier molecular flexibility index (Phi) is 6.89. The molecule has 7 heteroatoms. The van der Waals surface area contributed by atoms with Gasteiger partial charge in [0.2, 0.25) is 5.91 Å². The van der Waals surface area contributed by atoms with Crippen LogP contribution in [0.2, 0.25) is 0 Å². The first-order chi connectivity index (χ1) is 12.5. The largest absolute Gasteiger partial charge is 0.372 e. The van der Waals surface area contributed by atoms with Crippen LogP contribution in [0.3, 0.4) is 0 Å². The fourth-order valence-electron chi connectivity index (χ4n) is 3.10. The topological polar surface area (TPSA) is 86.8 Å². The van der Waals surface area contributed by atoms with Gasteiger partial charge in [-0.3, -0.25) is 14.4 Å². The Hall–Kier alpha value is -2.70. The molecule has 2 rings (SSSR count). The summed E-state index contributed by atoms with van der Waals surface area (Å²) in [6, 6.07) is 4.47. The molecule has 1 saturated heterocycles. The maximum absolute atomic E-state index is 12.9. The van der Waals surface area contributed by atoms with Crippen molar-refractivity contribution in [3.05, 3.63) is 29.3 Å². The highest BCUT2D eigenvalue weighted by molar-refractivity contribution is 6.03. The fraction of sp³-hybridized carbons (Fsp3) is 0.474. The molecule has 1 N–H and O–H groups in total. The first-order valence-electron chi connectivity index (χ1n) is 8.79. The zero-order valence-electron chi connectivity index (χ0n) is 15.2. The summed E-state index contributed by atoms with van der Waals surface area (Å²) in [6.45, 7) is 1.85. The summed E-state index contributed by atoms with van der Waals surface area (Å²) in [5, 5.41) is 2.49. The van der Waals surface area contributed by atoms with E-state index in [1.807, 2.05) is 6.07 Å². The third-order valence-electron chi connectivity index (χ3n) is 4.79. The van der Waals surface area contributed by atoms with E-state index in [4.69, 9.17) is 0 Å². The number of likely N-dealkylation sites (N-methyl/N-ethyl adjacent to an activating group) is 1. The van der Waals surface area contributed by atoms with Crippen LogP contribution in [0.5, 0.6) is 0 Å². The minimum atomic E-state index is -0.727. The number of aldehydes is 2. The highest BCUT2D eigenvalue weighted by atomic mass is 16.2. The molecule has 0 aliphatic carbocycles. The number of hydrogen-bond donors (Lipinski definition) is 1. The molecule has 1 atom stereocenters. The molecule has 0 spiro atoms. The molecule has 1 aromatic rings. The SMILES string of the molecule is CNC(=O)CCC(C=O)N(C)C(=O)c1cc(N2CCCC2)ccc1C=O. The second kappa shape index (κ2) is 9.12. The molecular weight excluding hydrogens is 334 g/mol. The van der Waals surface area contributed by atoms with Crippen molar-refractivity contribution >= 4 is 30.1 Å². The number of carbonyl (C=O) groups excluding carboxylic acids is 4. The molecule has 1 heterocycles. The lowest BCUT2D eigenvalue weighted by molar-refractivity contribution is -0.121. The second-order valence-corrected chi connectivity index (χ2v) is 6.41. The van der Waals surface area contributed by atoms with Crippen LogP contribution in [0.1, 0.15) is 46.4 Å². The van der Waals surface area contributed by atoms with Gasteiger partial charge in [0.15, 0.2) is 6.29 Å². The Morgan fingerprint density at radius 3 is 2.54 bits per heavy atom. The highest BCUT2D eigenvalue weighted by Gasteiger charge is 2.24. The van der Waals surface area contributed by atoms with Gasteiger partial charge in [-0.1, -0.05) is 0 Å². The smallest absolute Gasteiger partial charge is 0.255 e. The van der Waals surface area contributed by atoms with E-state index in [2.05, 4.69) is 10.2 Å². The molecule has 0 bridgehead atoms. The van der Waals surface area contributed by atoms with Gasteiger partial charge >= 0.3 is 0 Å². The fourth-order valence-corrected chi connectivity index (χ4v) is 3.10. The number of nitrogens with zero attached hydrogens (tertiary/aromatic N) is 2. The van der Waals surface area contributed by atoms with Crippen molar-refractivity contribution in [1.82, 2.24) is 10.2 Å². The molecule has 2 amide bonds. The van der Waals surface area contributed by atoms with Gasteiger partial charge in [0.25, 0.3) is 5.91 Å². The molecule has 0 aromatic heterocycles. The quantitative estimate of drug-likeness (QED) is 0.706. The van der Waals surface area contributed by atoms with Gasteiger partial charge in [-0.05, 0) is 37.5 Å². The molecule has 7 nitrogen and oxygen atoms in total. The van der Waals surface area contributed by atoms with E-state index in [0.29, 0.717) is 18.1 Å². The van der Waals surface area contributed by atoms with Crippen molar-refractivity contribution in [3.8, 4) is 0 Å². The molecule has 0 radical (unpaired) electrons. The number of amides is 2. The summed E-state index contributed by atoms with van der Waals surface area (Å²) < 4.78 is 0. The standard InChI is InChI=1S/C19H25N3O4/c1-20-18(25)8-7-16(13-24)21(2)19(26)17-11-15(6-5-14(17)12-23)22-9-3-4-10-22/h5-6,11-13,16H,3-4,7-10H2,1-2H3,(H,20,25). The van der Waals surface area contributed by atoms with Crippen molar-refractivity contribution < 1.29 is 19.2 Å². The molecule has 26 heavy (non-hydrogen) atoms. The van der Waals surface area contributed by atoms with Gasteiger partial charge < -0.3 is 19.9 Å². The lowest BCUT2D eigenvalue weighted by Crippen LogP contribution is -2.39. The third kappa shape index (κ3) is 4.47. The first kappa shape index (κ1) is 19.6. The summed E-state index contributed by atoms with van der Waals surface area (Å²) in [6.07, 6.45) is 3.89. The van der Waals surface area contributed by atoms with Crippen LogP contribution in [0.25, 0.3) is 0 Å². The number of hydrogen-bond acceptors (Lipinski definition) is 5. The van der Waals surface area contributed by atoms with Gasteiger partial charge in [0.05, 0.1) is 11.6 Å². The van der Waals surface area contributed by atoms with E-state index in [1.54, 1.807) is 12.1 Å². The Morgan fingerprint density at radius 1 is 1.27 bits per heavy atom. The number of nitrogens with one attached hydrogen (secondary N) is 1. The van der Waals surface area contributed by atoms with Crippen molar-refractivity contribution in [2.24, 2.45) is 0 Å². The van der Waals surface area contributed by atoms with Crippen molar-refractivity contribution in [3.63, 3.8) is 0 Å². The van der Waals surface area contributed by atoms with Crippen LogP contribution >= 0.6 is 0 Å². The maximum atomic E-state index is 12.9. The number of benzene rings is 1. The zero-order valence-corrected chi connectivity index (χ0v) is 15.2. The zero-order chi connectivity index (χ0) is 19.1. The first-order valence-corrected chi connectivity index (χ1v) is 8.79. The van der Waals surface area contributed by atoms with E-state index in [0.717, 1.165) is 31.6 Å². The summed E-state index contributed by atoms with van der Waals surface area (Å²) in [4.78, 5) is 50.6. The van der Waals surface area contributed by atoms with Gasteiger partial charge in [-0.2, -0.15) is 0 Å². The van der Waals surface area contributed by atoms with Crippen molar-refractivity contribution in [1.29, 1.82) is 0 Å². The Bertz CT molecular complexity index is 683. The van der Waals surface area contributed by atoms with Crippen molar-refractivity contribution in [2.45, 2.75) is 31.7 Å². The second-order valence-electron chi connectivity index (χ2n) is 6.41. The predicted octanol–water partition coefficient (Wildman–Crippen LogP) is 1.26. The van der Waals surface area contributed by atoms with E-state index >= 15 is 0 Å². The monoisotopic (exact) mass is 359 g/mol. The molecule has 0 saturated carbocycles. The Balaban J connectivity index is 2.22. The van der Waals surface area contributed by atoms with E-state index < -0.39 is 11.9 Å². The predicted molar refractivity (Wildman–Crippen MR) is 98.5 cm³/mol. The van der Waals surface area contributed by atoms with E-state index in [-0.39, 0.29) is 24.3 Å². The molecule has 1 aromatic carbocycles. The highest BCUT2D eigenvalue weighted by Crippen LogP contribution is 2.24. The van der Waals surface area contributed by atoms with Crippen LogP contribution in [0.4, 0.5) is 5.69 Å². The molecule has 1 aliphatic rings. The van der Waals surface area contributed by atoms with E-state index in [9.17, 15) is 19.2 Å². The lowest BCUT2D eigenvalue weighted by Gasteiger charge is -2.25. The molecular formula is C19H25N3O4. The number of carbonyl (C=O) groups is 4. The molecule has 1 fully saturated rings. The normalized spacial score (nSPS) is 14.6. The van der Waals surface area contributed by atoms with Gasteiger partial charge in [-0.15, -0.1) is 0 Å². The summed E-state index contributed by atoms with van der Waals surface area (Å²) >= 11 is 0. The van der Waals surface area contributed by atoms with Gasteiger partial charge in [0.1, 0.15) is 6.29 Å². The average molecular weight is 359 g/mol. The summed E-state index contributed by atoms with van der Waals surface area (Å²) in [5.41, 5.74) is 1.47. The van der Waals surface area contributed by atoms with Crippen molar-refractivity contribution in [2.75, 3.05) is 32.1 Å². The van der Waals surface area contributed by atoms with E-state index in [1.165, 1.54) is 19.0 Å². The minimum Gasteiger partial charge on any atom is -0.372 e. The molecule has 1 unspecified atom stereocenters. The summed E-state index contributed by atoms with van der Waals surface area (Å²) in [7, 11) is 3.04. The number of rotatable bonds is 8. The maximum Gasteiger partial charge on any atom is 0.255 e. The van der Waals surface area contributed by atoms with Gasteiger partial charge in [0, 0.05) is 44.9 Å². The number of anilines is 1. The molecule has 1 aliphatic heterocycles. The van der Waals surface area contributed by atoms with Crippen LogP contribution in [0, 0.1) is 0 Å². The lowest BCUT2D eigenvalue weighted by atomic mass is 10.0. The minimum absolute atomic E-state index is 0.145. The Labute approximate surface area is 153 Å². The summed E-state index contributed by atoms with van der Waals surface area (Å²) in [5.74, 6) is -0.593. The van der Waals surface area contributed by atoms with Crippen LogP contribution in [-0.2, 0) is 9.59 Å². The molecule has 140 valence electrons. The average Bonchev–Trinajstić information content (AvgIpc) is 3.21. The van der Waals surface area contributed by atoms with Crippen LogP contribution in [-0.4, -0.2) is 62.5 Å². The van der Waals surface area contributed by atoms with Gasteiger partial charge in [-0.25, -0.2) is 0 Å². The van der Waals surface area contributed by atoms with Crippen LogP contribution in [0.15, 0.2) is 18.2 Å². The Morgan fingerprint density at radius 2 is 1.96 bits per heavy atom. The van der Waals surface area contributed by atoms with Crippen LogP contribution < -0.4 is 10.2 Å². The third-order valence-corrected chi connectivity index (χ3v) is 4.79.